The molecule has 1 aliphatic heterocycles. The van der Waals surface area contributed by atoms with Crippen LogP contribution in [0.4, 0.5) is 8.78 Å². The zero-order valence-corrected chi connectivity index (χ0v) is 8.30. The van der Waals surface area contributed by atoms with Gasteiger partial charge < -0.3 is 9.05 Å². The molecule has 0 N–H and O–H groups in total. The molecular formula is C9H9F2O2P. The van der Waals surface area contributed by atoms with Crippen molar-refractivity contribution in [1.82, 2.24) is 0 Å². The molecule has 2 nitrogen and oxygen atoms in total. The van der Waals surface area contributed by atoms with E-state index >= 15 is 0 Å². The Morgan fingerprint density at radius 3 is 2.86 bits per heavy atom. The summed E-state index contributed by atoms with van der Waals surface area (Å²) in [6.07, 6.45) is 0.304. The van der Waals surface area contributed by atoms with Crippen LogP contribution >= 0.6 is 9.03 Å². The van der Waals surface area contributed by atoms with Gasteiger partial charge in [-0.2, -0.15) is 0 Å². The van der Waals surface area contributed by atoms with E-state index in [-0.39, 0.29) is 15.1 Å². The van der Waals surface area contributed by atoms with Crippen LogP contribution in [0.2, 0.25) is 0 Å². The first-order valence-electron chi connectivity index (χ1n) is 4.25. The molecule has 76 valence electrons. The lowest BCUT2D eigenvalue weighted by atomic mass is 10.1. The molecule has 2 rings (SSSR count). The average molecular weight is 218 g/mol. The van der Waals surface area contributed by atoms with Crippen molar-refractivity contribution in [1.29, 1.82) is 0 Å². The molecule has 1 heterocycles. The maximum atomic E-state index is 13.3. The van der Waals surface area contributed by atoms with Crippen LogP contribution in [-0.2, 0) is 9.05 Å². The number of hydrogen-bond donors (Lipinski definition) is 0. The topological polar surface area (TPSA) is 18.5 Å². The number of halogens is 2. The van der Waals surface area contributed by atoms with Crippen molar-refractivity contribution in [2.24, 2.45) is 0 Å². The highest BCUT2D eigenvalue weighted by Crippen LogP contribution is 2.36. The summed E-state index contributed by atoms with van der Waals surface area (Å²) in [6, 6.07) is 3.53. The molecule has 0 amide bonds. The van der Waals surface area contributed by atoms with E-state index in [0.29, 0.717) is 18.6 Å². The van der Waals surface area contributed by atoms with Gasteiger partial charge in [-0.15, -0.1) is 0 Å². The second kappa shape index (κ2) is 4.30. The fourth-order valence-electron chi connectivity index (χ4n) is 1.34. The highest BCUT2D eigenvalue weighted by molar-refractivity contribution is 7.26. The Morgan fingerprint density at radius 2 is 2.21 bits per heavy atom. The maximum Gasteiger partial charge on any atom is 0.155 e. The predicted octanol–water partition coefficient (Wildman–Crippen LogP) is 2.95. The molecule has 0 aliphatic carbocycles. The van der Waals surface area contributed by atoms with Gasteiger partial charge in [0.05, 0.1) is 12.7 Å². The third-order valence-electron chi connectivity index (χ3n) is 2.04. The molecule has 0 aromatic heterocycles. The van der Waals surface area contributed by atoms with E-state index in [9.17, 15) is 8.78 Å². The summed E-state index contributed by atoms with van der Waals surface area (Å²) < 4.78 is 36.1. The largest absolute Gasteiger partial charge is 0.336 e. The lowest BCUT2D eigenvalue weighted by Gasteiger charge is -2.22. The summed E-state index contributed by atoms with van der Waals surface area (Å²) in [4.78, 5) is 0. The Hall–Kier alpha value is -0.570. The van der Waals surface area contributed by atoms with E-state index in [0.717, 1.165) is 6.07 Å². The van der Waals surface area contributed by atoms with Crippen LogP contribution in [0, 0.1) is 11.6 Å². The minimum atomic E-state index is -0.569. The van der Waals surface area contributed by atoms with Gasteiger partial charge in [-0.1, -0.05) is 6.07 Å². The van der Waals surface area contributed by atoms with Crippen molar-refractivity contribution < 1.29 is 17.8 Å². The smallest absolute Gasteiger partial charge is 0.155 e. The molecule has 1 fully saturated rings. The fraction of sp³-hybridized carbons (Fsp3) is 0.333. The highest BCUT2D eigenvalue weighted by atomic mass is 31.1. The highest BCUT2D eigenvalue weighted by Gasteiger charge is 2.20. The maximum absolute atomic E-state index is 13.3. The van der Waals surface area contributed by atoms with Crippen LogP contribution in [0.15, 0.2) is 18.2 Å². The van der Waals surface area contributed by atoms with Crippen molar-refractivity contribution in [3.63, 3.8) is 0 Å². The minimum Gasteiger partial charge on any atom is -0.336 e. The van der Waals surface area contributed by atoms with Gasteiger partial charge in [0, 0.05) is 18.1 Å². The van der Waals surface area contributed by atoms with Crippen LogP contribution in [0.5, 0.6) is 0 Å². The van der Waals surface area contributed by atoms with Crippen molar-refractivity contribution in [3.05, 3.63) is 35.4 Å². The van der Waals surface area contributed by atoms with E-state index in [4.69, 9.17) is 9.05 Å². The summed E-state index contributed by atoms with van der Waals surface area (Å²) in [5, 5.41) is 0. The molecule has 2 atom stereocenters. The second-order valence-corrected chi connectivity index (χ2v) is 3.68. The van der Waals surface area contributed by atoms with Crippen LogP contribution in [0.25, 0.3) is 0 Å². The standard InChI is InChI=1S/C9H9F2O2P/c10-6-1-2-7(8(11)5-6)9-3-4-12-14-13-9/h1-2,5,9,14H,3-4H2/t9-/m1/s1. The number of hydrogen-bond acceptors (Lipinski definition) is 2. The summed E-state index contributed by atoms with van der Waals surface area (Å²) in [7, 11) is -0.0593. The van der Waals surface area contributed by atoms with Gasteiger partial charge in [-0.3, -0.25) is 0 Å². The van der Waals surface area contributed by atoms with Crippen LogP contribution in [-0.4, -0.2) is 6.61 Å². The van der Waals surface area contributed by atoms with E-state index in [1.807, 2.05) is 0 Å². The molecule has 0 saturated carbocycles. The Bertz CT molecular complexity index is 327. The fourth-order valence-corrected chi connectivity index (χ4v) is 1.97. The molecule has 0 bridgehead atoms. The lowest BCUT2D eigenvalue weighted by molar-refractivity contribution is 0.118. The summed E-state index contributed by atoms with van der Waals surface area (Å²) in [5.74, 6) is -1.12. The van der Waals surface area contributed by atoms with E-state index in [1.165, 1.54) is 12.1 Å². The summed E-state index contributed by atoms with van der Waals surface area (Å²) >= 11 is 0. The van der Waals surface area contributed by atoms with Gasteiger partial charge in [0.1, 0.15) is 11.6 Å². The van der Waals surface area contributed by atoms with Crippen molar-refractivity contribution >= 4 is 9.03 Å². The second-order valence-electron chi connectivity index (χ2n) is 2.99. The van der Waals surface area contributed by atoms with Gasteiger partial charge >= 0.3 is 0 Å². The monoisotopic (exact) mass is 218 g/mol. The zero-order chi connectivity index (χ0) is 9.97. The Kier molecular flexibility index (Phi) is 3.06. The quantitative estimate of drug-likeness (QED) is 0.674. The van der Waals surface area contributed by atoms with E-state index in [2.05, 4.69) is 0 Å². The summed E-state index contributed by atoms with van der Waals surface area (Å²) in [6.45, 7) is 0.555. The summed E-state index contributed by atoms with van der Waals surface area (Å²) in [5.41, 5.74) is 0.405. The van der Waals surface area contributed by atoms with Crippen LogP contribution < -0.4 is 0 Å². The molecule has 1 aromatic carbocycles. The molecule has 5 heteroatoms. The van der Waals surface area contributed by atoms with Crippen molar-refractivity contribution in [3.8, 4) is 0 Å². The first-order valence-corrected chi connectivity index (χ1v) is 5.06. The number of rotatable bonds is 1. The van der Waals surface area contributed by atoms with Crippen LogP contribution in [0.1, 0.15) is 18.1 Å². The zero-order valence-electron chi connectivity index (χ0n) is 7.30. The normalized spacial score (nSPS) is 24.0. The molecule has 14 heavy (non-hydrogen) atoms. The molecular weight excluding hydrogens is 209 g/mol. The van der Waals surface area contributed by atoms with Gasteiger partial charge in [0.25, 0.3) is 0 Å². The van der Waals surface area contributed by atoms with E-state index < -0.39 is 11.6 Å². The molecule has 0 spiro atoms. The molecule has 1 saturated heterocycles. The van der Waals surface area contributed by atoms with Crippen molar-refractivity contribution in [2.45, 2.75) is 12.5 Å². The Labute approximate surface area is 82.2 Å². The first kappa shape index (κ1) is 9.97. The first-order chi connectivity index (χ1) is 6.77. The average Bonchev–Trinajstić information content (AvgIpc) is 2.19. The SMILES string of the molecule is Fc1ccc([C@H]2CCOPO2)c(F)c1. The Balaban J connectivity index is 2.22. The molecule has 0 radical (unpaired) electrons. The van der Waals surface area contributed by atoms with Gasteiger partial charge in [-0.25, -0.2) is 8.78 Å². The predicted molar refractivity (Wildman–Crippen MR) is 49.1 cm³/mol. The minimum absolute atomic E-state index is 0.0593. The van der Waals surface area contributed by atoms with Crippen LogP contribution in [0.3, 0.4) is 0 Å². The van der Waals surface area contributed by atoms with Crippen molar-refractivity contribution in [2.75, 3.05) is 6.61 Å². The lowest BCUT2D eigenvalue weighted by Crippen LogP contribution is -2.09. The molecule has 1 aliphatic rings. The molecule has 1 aromatic rings. The van der Waals surface area contributed by atoms with Gasteiger partial charge in [0.15, 0.2) is 9.03 Å². The number of benzene rings is 1. The van der Waals surface area contributed by atoms with Gasteiger partial charge in [0.2, 0.25) is 0 Å². The third-order valence-corrected chi connectivity index (χ3v) is 2.74. The Morgan fingerprint density at radius 1 is 1.36 bits per heavy atom. The van der Waals surface area contributed by atoms with E-state index in [1.54, 1.807) is 0 Å². The molecule has 1 unspecified atom stereocenters. The van der Waals surface area contributed by atoms with Gasteiger partial charge in [-0.05, 0) is 6.07 Å². The third kappa shape index (κ3) is 2.08.